The smallest absolute Gasteiger partial charge is 0.323 e. The predicted molar refractivity (Wildman–Crippen MR) is 67.7 cm³/mol. The molecule has 1 aliphatic carbocycles. The van der Waals surface area contributed by atoms with Crippen LogP contribution >= 0.6 is 0 Å². The maximum absolute atomic E-state index is 11.4. The molecule has 98 valence electrons. The molecule has 1 saturated heterocycles. The second-order valence-corrected chi connectivity index (χ2v) is 5.78. The van der Waals surface area contributed by atoms with E-state index in [0.717, 1.165) is 31.3 Å². The van der Waals surface area contributed by atoms with E-state index in [-0.39, 0.29) is 12.0 Å². The number of ether oxygens (including phenoxy) is 1. The Hall–Kier alpha value is -0.570. The Morgan fingerprint density at radius 2 is 1.94 bits per heavy atom. The van der Waals surface area contributed by atoms with Gasteiger partial charge in [-0.15, -0.1) is 0 Å². The van der Waals surface area contributed by atoms with E-state index in [2.05, 4.69) is 11.8 Å². The highest BCUT2D eigenvalue weighted by atomic mass is 16.5. The van der Waals surface area contributed by atoms with E-state index in [9.17, 15) is 4.79 Å². The third-order valence-corrected chi connectivity index (χ3v) is 4.56. The average Bonchev–Trinajstić information content (AvgIpc) is 2.30. The first-order chi connectivity index (χ1) is 8.20. The van der Waals surface area contributed by atoms with Crippen molar-refractivity contribution in [2.45, 2.75) is 51.5 Å². The monoisotopic (exact) mass is 239 g/mol. The number of likely N-dealkylation sites (tertiary alicyclic amines) is 1. The van der Waals surface area contributed by atoms with Crippen molar-refractivity contribution in [2.75, 3.05) is 20.2 Å². The Labute approximate surface area is 105 Å². The fourth-order valence-corrected chi connectivity index (χ4v) is 3.08. The Morgan fingerprint density at radius 1 is 1.24 bits per heavy atom. The van der Waals surface area contributed by atoms with Gasteiger partial charge in [0.25, 0.3) is 0 Å². The van der Waals surface area contributed by atoms with Crippen molar-refractivity contribution in [3.63, 3.8) is 0 Å². The number of carbonyl (C=O) groups is 1. The molecule has 1 saturated carbocycles. The van der Waals surface area contributed by atoms with Crippen LogP contribution in [0.15, 0.2) is 0 Å². The minimum Gasteiger partial charge on any atom is -0.468 e. The van der Waals surface area contributed by atoms with Crippen LogP contribution in [-0.4, -0.2) is 37.1 Å². The fraction of sp³-hybridized carbons (Fsp3) is 0.929. The van der Waals surface area contributed by atoms with Crippen LogP contribution < -0.4 is 0 Å². The predicted octanol–water partition coefficient (Wildman–Crippen LogP) is 2.45. The second-order valence-electron chi connectivity index (χ2n) is 5.78. The van der Waals surface area contributed by atoms with Crippen molar-refractivity contribution in [3.8, 4) is 0 Å². The molecular formula is C14H25NO2. The van der Waals surface area contributed by atoms with Gasteiger partial charge in [0.1, 0.15) is 6.04 Å². The molecule has 2 rings (SSSR count). The highest BCUT2D eigenvalue weighted by Gasteiger charge is 2.34. The highest BCUT2D eigenvalue weighted by molar-refractivity contribution is 5.76. The number of nitrogens with zero attached hydrogens (tertiary/aromatic N) is 1. The van der Waals surface area contributed by atoms with Crippen LogP contribution in [0.5, 0.6) is 0 Å². The van der Waals surface area contributed by atoms with Gasteiger partial charge in [0.05, 0.1) is 7.11 Å². The van der Waals surface area contributed by atoms with Crippen molar-refractivity contribution >= 4 is 5.97 Å². The first kappa shape index (κ1) is 12.9. The minimum absolute atomic E-state index is 0.0477. The topological polar surface area (TPSA) is 29.5 Å². The lowest BCUT2D eigenvalue weighted by atomic mass is 9.81. The summed E-state index contributed by atoms with van der Waals surface area (Å²) in [5.74, 6) is 1.77. The molecule has 1 unspecified atom stereocenters. The number of carbonyl (C=O) groups excluding carboxylic acids is 1. The van der Waals surface area contributed by atoms with E-state index in [1.54, 1.807) is 0 Å². The van der Waals surface area contributed by atoms with Gasteiger partial charge in [-0.3, -0.25) is 9.69 Å². The van der Waals surface area contributed by atoms with Crippen LogP contribution in [0.1, 0.15) is 45.4 Å². The van der Waals surface area contributed by atoms with Gasteiger partial charge in [-0.25, -0.2) is 0 Å². The molecule has 0 radical (unpaired) electrons. The third-order valence-electron chi connectivity index (χ3n) is 4.56. The van der Waals surface area contributed by atoms with E-state index >= 15 is 0 Å². The zero-order valence-electron chi connectivity index (χ0n) is 11.2. The molecule has 0 N–H and O–H groups in total. The molecule has 1 atom stereocenters. The van der Waals surface area contributed by atoms with E-state index in [1.165, 1.54) is 39.2 Å². The van der Waals surface area contributed by atoms with Gasteiger partial charge in [0, 0.05) is 6.54 Å². The summed E-state index contributed by atoms with van der Waals surface area (Å²) in [5.41, 5.74) is 0. The van der Waals surface area contributed by atoms with E-state index in [1.807, 2.05) is 0 Å². The molecule has 0 aromatic carbocycles. The van der Waals surface area contributed by atoms with Crippen molar-refractivity contribution in [1.82, 2.24) is 4.90 Å². The summed E-state index contributed by atoms with van der Waals surface area (Å²) in [5, 5.41) is 0. The number of hydrogen-bond donors (Lipinski definition) is 0. The zero-order valence-corrected chi connectivity index (χ0v) is 11.2. The molecule has 0 aromatic rings. The molecule has 0 spiro atoms. The Morgan fingerprint density at radius 3 is 2.47 bits per heavy atom. The zero-order chi connectivity index (χ0) is 12.3. The molecule has 17 heavy (non-hydrogen) atoms. The van der Waals surface area contributed by atoms with E-state index < -0.39 is 0 Å². The average molecular weight is 239 g/mol. The lowest BCUT2D eigenvalue weighted by molar-refractivity contribution is -0.152. The van der Waals surface area contributed by atoms with Crippen molar-refractivity contribution in [2.24, 2.45) is 11.8 Å². The Balaban J connectivity index is 1.67. The molecule has 1 aliphatic heterocycles. The summed E-state index contributed by atoms with van der Waals surface area (Å²) < 4.78 is 4.81. The SMILES string of the molecule is COC(=O)C1CCN1CCC1CCC(C)CC1. The molecule has 0 bridgehead atoms. The van der Waals surface area contributed by atoms with Crippen molar-refractivity contribution in [3.05, 3.63) is 0 Å². The molecule has 2 aliphatic rings. The van der Waals surface area contributed by atoms with Gasteiger partial charge in [-0.1, -0.05) is 32.6 Å². The van der Waals surface area contributed by atoms with Crippen LogP contribution in [0.3, 0.4) is 0 Å². The maximum atomic E-state index is 11.4. The van der Waals surface area contributed by atoms with Gasteiger partial charge < -0.3 is 4.74 Å². The summed E-state index contributed by atoms with van der Waals surface area (Å²) in [6.07, 6.45) is 7.81. The van der Waals surface area contributed by atoms with Gasteiger partial charge in [-0.05, 0) is 31.2 Å². The lowest BCUT2D eigenvalue weighted by Gasteiger charge is -2.40. The molecule has 1 heterocycles. The summed E-state index contributed by atoms with van der Waals surface area (Å²) in [6.45, 7) is 4.51. The van der Waals surface area contributed by atoms with Crippen LogP contribution in [0, 0.1) is 11.8 Å². The Kier molecular flexibility index (Phi) is 4.43. The minimum atomic E-state index is -0.0477. The largest absolute Gasteiger partial charge is 0.468 e. The molecular weight excluding hydrogens is 214 g/mol. The van der Waals surface area contributed by atoms with Crippen molar-refractivity contribution < 1.29 is 9.53 Å². The van der Waals surface area contributed by atoms with E-state index in [4.69, 9.17) is 4.74 Å². The van der Waals surface area contributed by atoms with Crippen LogP contribution in [0.25, 0.3) is 0 Å². The molecule has 3 heteroatoms. The van der Waals surface area contributed by atoms with Crippen LogP contribution in [0.4, 0.5) is 0 Å². The standard InChI is InChI=1S/C14H25NO2/c1-11-3-5-12(6-4-11)7-9-15-10-8-13(15)14(16)17-2/h11-13H,3-10H2,1-2H3. The lowest BCUT2D eigenvalue weighted by Crippen LogP contribution is -2.53. The number of hydrogen-bond acceptors (Lipinski definition) is 3. The first-order valence-electron chi connectivity index (χ1n) is 7.02. The number of rotatable bonds is 4. The van der Waals surface area contributed by atoms with Crippen molar-refractivity contribution in [1.29, 1.82) is 0 Å². The third kappa shape index (κ3) is 3.21. The summed E-state index contributed by atoms with van der Waals surface area (Å²) in [7, 11) is 1.49. The number of methoxy groups -OCH3 is 1. The molecule has 0 aromatic heterocycles. The molecule has 0 amide bonds. The summed E-state index contributed by atoms with van der Waals surface area (Å²) in [6, 6.07) is 0.0579. The maximum Gasteiger partial charge on any atom is 0.323 e. The molecule has 2 fully saturated rings. The number of esters is 1. The Bertz CT molecular complexity index is 259. The quantitative estimate of drug-likeness (QED) is 0.706. The van der Waals surface area contributed by atoms with Gasteiger partial charge in [0.2, 0.25) is 0 Å². The van der Waals surface area contributed by atoms with E-state index in [0.29, 0.717) is 0 Å². The van der Waals surface area contributed by atoms with Crippen LogP contribution in [-0.2, 0) is 9.53 Å². The summed E-state index contributed by atoms with van der Waals surface area (Å²) >= 11 is 0. The molecule has 3 nitrogen and oxygen atoms in total. The summed E-state index contributed by atoms with van der Waals surface area (Å²) in [4.78, 5) is 13.7. The fourth-order valence-electron chi connectivity index (χ4n) is 3.08. The first-order valence-corrected chi connectivity index (χ1v) is 7.02. The van der Waals surface area contributed by atoms with Gasteiger partial charge in [-0.2, -0.15) is 0 Å². The van der Waals surface area contributed by atoms with Gasteiger partial charge in [0.15, 0.2) is 0 Å². The van der Waals surface area contributed by atoms with Crippen LogP contribution in [0.2, 0.25) is 0 Å². The highest BCUT2D eigenvalue weighted by Crippen LogP contribution is 2.31. The second kappa shape index (κ2) is 5.85. The normalized spacial score (nSPS) is 34.1. The van der Waals surface area contributed by atoms with Gasteiger partial charge >= 0.3 is 5.97 Å².